The van der Waals surface area contributed by atoms with Crippen LogP contribution in [0, 0.1) is 0 Å². The van der Waals surface area contributed by atoms with Crippen LogP contribution in [-0.4, -0.2) is 33.2 Å². The molecule has 1 rings (SSSR count). The Bertz CT molecular complexity index is 448. The van der Waals surface area contributed by atoms with E-state index in [1.807, 2.05) is 0 Å². The number of aromatic nitrogens is 1. The van der Waals surface area contributed by atoms with Crippen LogP contribution in [0.2, 0.25) is 5.15 Å². The third kappa shape index (κ3) is 5.30. The van der Waals surface area contributed by atoms with Gasteiger partial charge in [-0.1, -0.05) is 24.9 Å². The molecule has 0 saturated heterocycles. The van der Waals surface area contributed by atoms with Gasteiger partial charge in [0.15, 0.2) is 0 Å². The van der Waals surface area contributed by atoms with E-state index in [4.69, 9.17) is 16.3 Å². The molecule has 1 aromatic heterocycles. The van der Waals surface area contributed by atoms with Gasteiger partial charge in [-0.15, -0.1) is 0 Å². The monoisotopic (exact) mass is 292 g/mol. The lowest BCUT2D eigenvalue weighted by molar-refractivity contribution is 0.136. The molecular weight excluding hydrogens is 276 g/mol. The van der Waals surface area contributed by atoms with Crippen LogP contribution in [0.25, 0.3) is 0 Å². The van der Waals surface area contributed by atoms with Crippen LogP contribution < -0.4 is 4.72 Å². The van der Waals surface area contributed by atoms with E-state index in [-0.39, 0.29) is 16.6 Å². The van der Waals surface area contributed by atoms with Crippen molar-refractivity contribution in [2.45, 2.75) is 24.7 Å². The first-order chi connectivity index (χ1) is 8.56. The highest BCUT2D eigenvalue weighted by molar-refractivity contribution is 7.89. The number of rotatable bonds is 8. The molecule has 102 valence electrons. The number of unbranched alkanes of at least 4 members (excludes halogenated alkanes) is 1. The third-order valence-corrected chi connectivity index (χ3v) is 3.86. The van der Waals surface area contributed by atoms with Gasteiger partial charge in [-0.3, -0.25) is 0 Å². The molecule has 18 heavy (non-hydrogen) atoms. The summed E-state index contributed by atoms with van der Waals surface area (Å²) in [5.74, 6) is 0. The Balaban J connectivity index is 2.38. The maximum Gasteiger partial charge on any atom is 0.242 e. The maximum atomic E-state index is 11.8. The van der Waals surface area contributed by atoms with Crippen LogP contribution in [-0.2, 0) is 14.8 Å². The molecule has 0 saturated carbocycles. The summed E-state index contributed by atoms with van der Waals surface area (Å²) in [5.41, 5.74) is 0. The number of hydrogen-bond acceptors (Lipinski definition) is 4. The Kier molecular flexibility index (Phi) is 6.56. The molecule has 0 spiro atoms. The summed E-state index contributed by atoms with van der Waals surface area (Å²) in [5, 5.41) is 0.261. The molecule has 0 aliphatic heterocycles. The van der Waals surface area contributed by atoms with E-state index >= 15 is 0 Å². The van der Waals surface area contributed by atoms with E-state index < -0.39 is 10.0 Å². The number of nitrogens with one attached hydrogen (secondary N) is 1. The first-order valence-corrected chi connectivity index (χ1v) is 7.61. The SMILES string of the molecule is CCCCOCCNS(=O)(=O)c1ccc(Cl)nc1. The van der Waals surface area contributed by atoms with Crippen molar-refractivity contribution in [2.75, 3.05) is 19.8 Å². The topological polar surface area (TPSA) is 68.3 Å². The molecule has 7 heteroatoms. The zero-order valence-corrected chi connectivity index (χ0v) is 11.8. The maximum absolute atomic E-state index is 11.8. The van der Waals surface area contributed by atoms with E-state index in [0.29, 0.717) is 13.2 Å². The summed E-state index contributed by atoms with van der Waals surface area (Å²) in [6.07, 6.45) is 3.26. The molecular formula is C11H17ClN2O3S. The number of hydrogen-bond donors (Lipinski definition) is 1. The van der Waals surface area contributed by atoms with Gasteiger partial charge in [-0.2, -0.15) is 0 Å². The van der Waals surface area contributed by atoms with Gasteiger partial charge in [0.05, 0.1) is 6.61 Å². The summed E-state index contributed by atoms with van der Waals surface area (Å²) < 4.78 is 31.3. The number of sulfonamides is 1. The Labute approximate surface area is 113 Å². The molecule has 1 heterocycles. The van der Waals surface area contributed by atoms with Crippen molar-refractivity contribution in [3.8, 4) is 0 Å². The second-order valence-corrected chi connectivity index (χ2v) is 5.83. The fourth-order valence-corrected chi connectivity index (χ4v) is 2.27. The molecule has 0 aliphatic rings. The van der Waals surface area contributed by atoms with Crippen LogP contribution in [0.1, 0.15) is 19.8 Å². The molecule has 0 unspecified atom stereocenters. The van der Waals surface area contributed by atoms with Crippen LogP contribution in [0.3, 0.4) is 0 Å². The van der Waals surface area contributed by atoms with Crippen molar-refractivity contribution in [3.63, 3.8) is 0 Å². The lowest BCUT2D eigenvalue weighted by Gasteiger charge is -2.07. The zero-order valence-electron chi connectivity index (χ0n) is 10.2. The largest absolute Gasteiger partial charge is 0.380 e. The molecule has 0 amide bonds. The van der Waals surface area contributed by atoms with E-state index in [1.165, 1.54) is 18.3 Å². The van der Waals surface area contributed by atoms with Crippen molar-refractivity contribution in [1.29, 1.82) is 0 Å². The molecule has 0 atom stereocenters. The summed E-state index contributed by atoms with van der Waals surface area (Å²) in [4.78, 5) is 3.83. The molecule has 0 aliphatic carbocycles. The second kappa shape index (κ2) is 7.68. The quantitative estimate of drug-likeness (QED) is 0.586. The summed E-state index contributed by atoms with van der Waals surface area (Å²) in [7, 11) is -3.52. The Hall–Kier alpha value is -0.690. The minimum atomic E-state index is -3.52. The molecule has 0 fully saturated rings. The van der Waals surface area contributed by atoms with Gasteiger partial charge < -0.3 is 4.74 Å². The lowest BCUT2D eigenvalue weighted by Crippen LogP contribution is -2.27. The fraction of sp³-hybridized carbons (Fsp3) is 0.545. The van der Waals surface area contributed by atoms with Crippen LogP contribution >= 0.6 is 11.6 Å². The highest BCUT2D eigenvalue weighted by Gasteiger charge is 2.13. The number of nitrogens with zero attached hydrogens (tertiary/aromatic N) is 1. The smallest absolute Gasteiger partial charge is 0.242 e. The van der Waals surface area contributed by atoms with Gasteiger partial charge in [0.25, 0.3) is 0 Å². The third-order valence-electron chi connectivity index (χ3n) is 2.19. The minimum Gasteiger partial charge on any atom is -0.380 e. The van der Waals surface area contributed by atoms with E-state index in [2.05, 4.69) is 16.6 Å². The summed E-state index contributed by atoms with van der Waals surface area (Å²) in [6.45, 7) is 3.33. The Morgan fingerprint density at radius 3 is 2.78 bits per heavy atom. The molecule has 5 nitrogen and oxygen atoms in total. The predicted octanol–water partition coefficient (Wildman–Crippen LogP) is 1.83. The number of ether oxygens (including phenoxy) is 1. The zero-order chi connectivity index (χ0) is 13.4. The average molecular weight is 293 g/mol. The first-order valence-electron chi connectivity index (χ1n) is 5.75. The van der Waals surface area contributed by atoms with Crippen molar-refractivity contribution in [1.82, 2.24) is 9.71 Å². The van der Waals surface area contributed by atoms with Crippen LogP contribution in [0.15, 0.2) is 23.2 Å². The van der Waals surface area contributed by atoms with Gasteiger partial charge in [-0.05, 0) is 18.6 Å². The Morgan fingerprint density at radius 2 is 2.17 bits per heavy atom. The Morgan fingerprint density at radius 1 is 1.39 bits per heavy atom. The average Bonchev–Trinajstić information content (AvgIpc) is 2.34. The lowest BCUT2D eigenvalue weighted by atomic mass is 10.4. The standard InChI is InChI=1S/C11H17ClN2O3S/c1-2-3-7-17-8-6-14-18(15,16)10-4-5-11(12)13-9-10/h4-5,9,14H,2-3,6-8H2,1H3. The first kappa shape index (κ1) is 15.4. The van der Waals surface area contributed by atoms with Gasteiger partial charge in [0, 0.05) is 19.3 Å². The molecule has 0 bridgehead atoms. The van der Waals surface area contributed by atoms with Gasteiger partial charge in [0.1, 0.15) is 10.0 Å². The molecule has 0 radical (unpaired) electrons. The highest BCUT2D eigenvalue weighted by atomic mass is 35.5. The molecule has 1 aromatic rings. The van der Waals surface area contributed by atoms with Gasteiger partial charge in [0.2, 0.25) is 10.0 Å². The van der Waals surface area contributed by atoms with Gasteiger partial charge >= 0.3 is 0 Å². The van der Waals surface area contributed by atoms with Crippen molar-refractivity contribution in [3.05, 3.63) is 23.5 Å². The van der Waals surface area contributed by atoms with Crippen LogP contribution in [0.4, 0.5) is 0 Å². The number of halogens is 1. The van der Waals surface area contributed by atoms with E-state index in [9.17, 15) is 8.42 Å². The highest BCUT2D eigenvalue weighted by Crippen LogP contribution is 2.10. The minimum absolute atomic E-state index is 0.0976. The van der Waals surface area contributed by atoms with Crippen molar-refractivity contribution in [2.24, 2.45) is 0 Å². The molecule has 1 N–H and O–H groups in total. The van der Waals surface area contributed by atoms with Crippen molar-refractivity contribution >= 4 is 21.6 Å². The number of pyridine rings is 1. The summed E-state index contributed by atoms with van der Waals surface area (Å²) in [6, 6.07) is 2.85. The van der Waals surface area contributed by atoms with E-state index in [1.54, 1.807) is 0 Å². The van der Waals surface area contributed by atoms with Crippen molar-refractivity contribution < 1.29 is 13.2 Å². The van der Waals surface area contributed by atoms with Crippen LogP contribution in [0.5, 0.6) is 0 Å². The predicted molar refractivity (Wildman–Crippen MR) is 70.2 cm³/mol. The van der Waals surface area contributed by atoms with Gasteiger partial charge in [-0.25, -0.2) is 18.1 Å². The van der Waals surface area contributed by atoms with E-state index in [0.717, 1.165) is 12.8 Å². The normalized spacial score (nSPS) is 11.7. The fourth-order valence-electron chi connectivity index (χ4n) is 1.20. The summed E-state index contributed by atoms with van der Waals surface area (Å²) >= 11 is 5.59. The molecule has 0 aromatic carbocycles. The second-order valence-electron chi connectivity index (χ2n) is 3.68.